The lowest BCUT2D eigenvalue weighted by atomic mass is 9.70. The molecule has 0 saturated heterocycles. The summed E-state index contributed by atoms with van der Waals surface area (Å²) in [7, 11) is 0. The molecule has 10 aromatic carbocycles. The molecule has 0 radical (unpaired) electrons. The van der Waals surface area contributed by atoms with Crippen molar-refractivity contribution >= 4 is 55.7 Å². The van der Waals surface area contributed by atoms with Gasteiger partial charge in [-0.15, -0.1) is 0 Å². The number of hydrogen-bond acceptors (Lipinski definition) is 2. The average Bonchev–Trinajstić information content (AvgIpc) is 4.03. The van der Waals surface area contributed by atoms with Crippen molar-refractivity contribution in [3.05, 3.63) is 251 Å². The van der Waals surface area contributed by atoms with Crippen LogP contribution in [0.25, 0.3) is 43.8 Å². The van der Waals surface area contributed by atoms with E-state index in [1.165, 1.54) is 88.3 Å². The maximum Gasteiger partial charge on any atom is 0.0725 e. The standard InChI is InChI=1S/C73H70N2/c1-69(2,3)51-23-33-55(34-24-51)74(56-35-25-52(26-36-56)70(4,5)6)59-31-21-47-43-63-64-44-48-22-32-60(75(57-37-27-53(28-38-57)71(7,8)9)58-39-29-54(30-40-58)72(10,11)12)42-50(48)46-68(64)73(67(63)45-49(47)41-59)65-19-15-13-17-61(65)62-18-14-16-20-66(62)73/h13-46H,1-12H3. The third-order valence-corrected chi connectivity index (χ3v) is 16.5. The van der Waals surface area contributed by atoms with Crippen LogP contribution in [0.4, 0.5) is 34.1 Å². The Bertz CT molecular complexity index is 3460. The van der Waals surface area contributed by atoms with Gasteiger partial charge in [-0.2, -0.15) is 0 Å². The van der Waals surface area contributed by atoms with E-state index in [2.05, 4.69) is 299 Å². The normalized spacial score (nSPS) is 13.7. The van der Waals surface area contributed by atoms with Gasteiger partial charge in [-0.05, 0) is 207 Å². The zero-order chi connectivity index (χ0) is 52.4. The van der Waals surface area contributed by atoms with Crippen LogP contribution in [0.5, 0.6) is 0 Å². The summed E-state index contributed by atoms with van der Waals surface area (Å²) in [5, 5.41) is 4.90. The van der Waals surface area contributed by atoms with Crippen LogP contribution >= 0.6 is 0 Å². The van der Waals surface area contributed by atoms with Gasteiger partial charge in [0.2, 0.25) is 0 Å². The summed E-state index contributed by atoms with van der Waals surface area (Å²) in [5.74, 6) is 0. The molecule has 0 aromatic heterocycles. The third kappa shape index (κ3) is 8.08. The molecular formula is C73H70N2. The Balaban J connectivity index is 1.05. The van der Waals surface area contributed by atoms with Crippen LogP contribution in [0.2, 0.25) is 0 Å². The SMILES string of the molecule is CC(C)(C)c1ccc(N(c2ccc(C(C)(C)C)cc2)c2ccc3cc4c(cc3c2)C2(c3ccccc3-c3ccccc32)c2cc3cc(N(c5ccc(C(C)(C)C)cc5)c5ccc(C(C)(C)C)cc5)ccc3cc2-4)cc1. The molecule has 2 aliphatic rings. The van der Waals surface area contributed by atoms with Crippen molar-refractivity contribution < 1.29 is 0 Å². The molecule has 0 saturated carbocycles. The van der Waals surface area contributed by atoms with Gasteiger partial charge in [-0.1, -0.05) is 192 Å². The second kappa shape index (κ2) is 17.2. The minimum Gasteiger partial charge on any atom is -0.310 e. The van der Waals surface area contributed by atoms with Crippen LogP contribution in [-0.2, 0) is 27.1 Å². The molecular weight excluding hydrogens is 905 g/mol. The highest BCUT2D eigenvalue weighted by molar-refractivity contribution is 6.04. The molecule has 2 aliphatic carbocycles. The Morgan fingerprint density at radius 3 is 0.813 bits per heavy atom. The van der Waals surface area contributed by atoms with Crippen molar-refractivity contribution in [3.8, 4) is 22.3 Å². The Labute approximate surface area is 446 Å². The molecule has 0 heterocycles. The topological polar surface area (TPSA) is 6.48 Å². The second-order valence-electron chi connectivity index (χ2n) is 25.6. The van der Waals surface area contributed by atoms with Gasteiger partial charge in [0.15, 0.2) is 0 Å². The van der Waals surface area contributed by atoms with E-state index >= 15 is 0 Å². The Hall–Kier alpha value is -7.68. The molecule has 2 nitrogen and oxygen atoms in total. The van der Waals surface area contributed by atoms with Gasteiger partial charge in [-0.25, -0.2) is 0 Å². The summed E-state index contributed by atoms with van der Waals surface area (Å²) in [5.41, 5.74) is 22.4. The molecule has 0 bridgehead atoms. The number of benzene rings is 10. The maximum absolute atomic E-state index is 2.54. The molecule has 0 N–H and O–H groups in total. The molecule has 10 aromatic rings. The Kier molecular flexibility index (Phi) is 11.1. The first-order chi connectivity index (χ1) is 35.7. The molecule has 372 valence electrons. The predicted octanol–water partition coefficient (Wildman–Crippen LogP) is 20.5. The fourth-order valence-corrected chi connectivity index (χ4v) is 12.2. The first-order valence-electron chi connectivity index (χ1n) is 27.1. The molecule has 2 heteroatoms. The fraction of sp³-hybridized carbons (Fsp3) is 0.233. The van der Waals surface area contributed by atoms with Crippen LogP contribution in [0.3, 0.4) is 0 Å². The van der Waals surface area contributed by atoms with Crippen LogP contribution in [0.15, 0.2) is 206 Å². The highest BCUT2D eigenvalue weighted by atomic mass is 15.1. The van der Waals surface area contributed by atoms with E-state index in [1.807, 2.05) is 0 Å². The molecule has 12 rings (SSSR count). The third-order valence-electron chi connectivity index (χ3n) is 16.5. The van der Waals surface area contributed by atoms with Gasteiger partial charge in [0.25, 0.3) is 0 Å². The van der Waals surface area contributed by atoms with Crippen molar-refractivity contribution in [2.24, 2.45) is 0 Å². The van der Waals surface area contributed by atoms with Crippen LogP contribution in [0.1, 0.15) is 128 Å². The fourth-order valence-electron chi connectivity index (χ4n) is 12.2. The zero-order valence-electron chi connectivity index (χ0n) is 46.0. The highest BCUT2D eigenvalue weighted by Crippen LogP contribution is 2.64. The molecule has 1 spiro atoms. The predicted molar refractivity (Wildman–Crippen MR) is 322 cm³/mol. The molecule has 0 atom stereocenters. The van der Waals surface area contributed by atoms with Gasteiger partial charge in [-0.3, -0.25) is 0 Å². The van der Waals surface area contributed by atoms with Crippen molar-refractivity contribution in [1.82, 2.24) is 0 Å². The summed E-state index contributed by atoms with van der Waals surface area (Å²) >= 11 is 0. The molecule has 75 heavy (non-hydrogen) atoms. The number of hydrogen-bond donors (Lipinski definition) is 0. The lowest BCUT2D eigenvalue weighted by Gasteiger charge is -2.31. The van der Waals surface area contributed by atoms with Gasteiger partial charge in [0.05, 0.1) is 5.41 Å². The largest absolute Gasteiger partial charge is 0.310 e. The number of anilines is 6. The summed E-state index contributed by atoms with van der Waals surface area (Å²) in [6.45, 7) is 27.4. The van der Waals surface area contributed by atoms with Crippen LogP contribution in [-0.4, -0.2) is 0 Å². The number of fused-ring (bicyclic) bond motifs is 12. The minimum absolute atomic E-state index is 0.0539. The average molecular weight is 975 g/mol. The lowest BCUT2D eigenvalue weighted by Crippen LogP contribution is -2.25. The van der Waals surface area contributed by atoms with Crippen molar-refractivity contribution in [2.45, 2.75) is 110 Å². The van der Waals surface area contributed by atoms with Gasteiger partial charge < -0.3 is 9.80 Å². The van der Waals surface area contributed by atoms with Crippen molar-refractivity contribution in [3.63, 3.8) is 0 Å². The zero-order valence-corrected chi connectivity index (χ0v) is 46.0. The minimum atomic E-state index is -0.525. The molecule has 0 unspecified atom stereocenters. The highest BCUT2D eigenvalue weighted by Gasteiger charge is 2.52. The van der Waals surface area contributed by atoms with E-state index in [-0.39, 0.29) is 21.7 Å². The van der Waals surface area contributed by atoms with Crippen molar-refractivity contribution in [2.75, 3.05) is 9.80 Å². The van der Waals surface area contributed by atoms with E-state index in [1.54, 1.807) is 0 Å². The number of nitrogens with zero attached hydrogens (tertiary/aromatic N) is 2. The van der Waals surface area contributed by atoms with Gasteiger partial charge in [0, 0.05) is 34.1 Å². The Morgan fingerprint density at radius 2 is 0.520 bits per heavy atom. The maximum atomic E-state index is 2.54. The van der Waals surface area contributed by atoms with Crippen molar-refractivity contribution in [1.29, 1.82) is 0 Å². The monoisotopic (exact) mass is 975 g/mol. The molecule has 0 aliphatic heterocycles. The van der Waals surface area contributed by atoms with E-state index in [0.717, 1.165) is 34.1 Å². The molecule has 0 fully saturated rings. The molecule has 0 amide bonds. The van der Waals surface area contributed by atoms with E-state index in [4.69, 9.17) is 0 Å². The lowest BCUT2D eigenvalue weighted by molar-refractivity contribution is 0.590. The number of rotatable bonds is 6. The van der Waals surface area contributed by atoms with E-state index in [9.17, 15) is 0 Å². The summed E-state index contributed by atoms with van der Waals surface area (Å²) in [6, 6.07) is 79.3. The smallest absolute Gasteiger partial charge is 0.0725 e. The summed E-state index contributed by atoms with van der Waals surface area (Å²) < 4.78 is 0. The first-order valence-corrected chi connectivity index (χ1v) is 27.1. The van der Waals surface area contributed by atoms with Gasteiger partial charge in [0.1, 0.15) is 0 Å². The quantitative estimate of drug-likeness (QED) is 0.164. The Morgan fingerprint density at radius 1 is 0.240 bits per heavy atom. The summed E-state index contributed by atoms with van der Waals surface area (Å²) in [4.78, 5) is 4.86. The van der Waals surface area contributed by atoms with Crippen LogP contribution < -0.4 is 9.80 Å². The van der Waals surface area contributed by atoms with E-state index < -0.39 is 5.41 Å². The van der Waals surface area contributed by atoms with E-state index in [0.29, 0.717) is 0 Å². The first kappa shape index (κ1) is 48.3. The summed E-state index contributed by atoms with van der Waals surface area (Å²) in [6.07, 6.45) is 0. The second-order valence-corrected chi connectivity index (χ2v) is 25.6. The van der Waals surface area contributed by atoms with Crippen LogP contribution in [0, 0.1) is 0 Å². The van der Waals surface area contributed by atoms with Gasteiger partial charge >= 0.3 is 0 Å².